The van der Waals surface area contributed by atoms with Crippen LogP contribution in [0.1, 0.15) is 45.0 Å². The lowest BCUT2D eigenvalue weighted by atomic mass is 10.1. The smallest absolute Gasteiger partial charge is 0.410 e. The number of nitrogens with zero attached hydrogens (tertiary/aromatic N) is 5. The maximum absolute atomic E-state index is 14.6. The Kier molecular flexibility index (Phi) is 7.07. The van der Waals surface area contributed by atoms with Gasteiger partial charge in [-0.05, 0) is 58.9 Å². The van der Waals surface area contributed by atoms with Crippen LogP contribution in [0.15, 0.2) is 30.5 Å². The van der Waals surface area contributed by atoms with E-state index in [0.717, 1.165) is 10.4 Å². The quantitative estimate of drug-likeness (QED) is 0.351. The van der Waals surface area contributed by atoms with Crippen molar-refractivity contribution >= 4 is 55.8 Å². The first-order valence-corrected chi connectivity index (χ1v) is 13.8. The molecule has 1 N–H and O–H groups in total. The monoisotopic (exact) mass is 568 g/mol. The molecule has 10 nitrogen and oxygen atoms in total. The second-order valence-corrected chi connectivity index (χ2v) is 12.1. The molecule has 0 aliphatic carbocycles. The molecule has 0 saturated carbocycles. The summed E-state index contributed by atoms with van der Waals surface area (Å²) in [6.45, 7) is 10.7. The number of aryl methyl sites for hydroxylation is 1. The Labute approximate surface area is 235 Å². The Bertz CT molecular complexity index is 1610. The third kappa shape index (κ3) is 5.27. The Hall–Kier alpha value is -3.93. The highest BCUT2D eigenvalue weighted by Gasteiger charge is 2.35. The van der Waals surface area contributed by atoms with Crippen LogP contribution in [-0.2, 0) is 11.8 Å². The topological polar surface area (TPSA) is 102 Å². The number of rotatable bonds is 4. The Morgan fingerprint density at radius 2 is 1.88 bits per heavy atom. The molecule has 1 aliphatic heterocycles. The summed E-state index contributed by atoms with van der Waals surface area (Å²) in [6.07, 6.45) is 1.36. The van der Waals surface area contributed by atoms with Crippen molar-refractivity contribution in [2.45, 2.75) is 52.3 Å². The number of thiazole rings is 1. The van der Waals surface area contributed by atoms with Crippen LogP contribution in [0.4, 0.5) is 20.6 Å². The molecule has 0 bridgehead atoms. The maximum atomic E-state index is 14.6. The van der Waals surface area contributed by atoms with Gasteiger partial charge in [0.05, 0.1) is 23.1 Å². The van der Waals surface area contributed by atoms with E-state index < -0.39 is 17.3 Å². The molecule has 1 aliphatic rings. The van der Waals surface area contributed by atoms with E-state index in [2.05, 4.69) is 27.2 Å². The highest BCUT2D eigenvalue weighted by atomic mass is 32.1. The van der Waals surface area contributed by atoms with E-state index in [0.29, 0.717) is 40.4 Å². The summed E-state index contributed by atoms with van der Waals surface area (Å²) in [4.78, 5) is 34.8. The lowest BCUT2D eigenvalue weighted by molar-refractivity contribution is 0.0130. The number of benzene rings is 2. The van der Waals surface area contributed by atoms with E-state index in [-0.39, 0.29) is 23.7 Å². The number of carbonyl (C=O) groups excluding carboxylic acids is 2. The van der Waals surface area contributed by atoms with Crippen molar-refractivity contribution in [2.75, 3.05) is 30.4 Å². The van der Waals surface area contributed by atoms with Gasteiger partial charge >= 0.3 is 6.09 Å². The van der Waals surface area contributed by atoms with E-state index in [1.54, 1.807) is 30.3 Å². The first-order valence-electron chi connectivity index (χ1n) is 13.0. The van der Waals surface area contributed by atoms with Crippen LogP contribution in [0, 0.1) is 5.82 Å². The number of hydrogen-bond donors (Lipinski definition) is 1. The Morgan fingerprint density at radius 3 is 2.58 bits per heavy atom. The lowest BCUT2D eigenvalue weighted by Gasteiger charge is -2.45. The SMILES string of the molecule is COc1nc2c(C(=O)Nc3cc(F)c4nn(C)cc4c3)ccc(N3CC(C)N(C(=O)OC(C)(C)C)CC3C)c2s1. The van der Waals surface area contributed by atoms with Crippen LogP contribution in [0.2, 0.25) is 0 Å². The minimum Gasteiger partial charge on any atom is -0.473 e. The summed E-state index contributed by atoms with van der Waals surface area (Å²) >= 11 is 1.35. The third-order valence-electron chi connectivity index (χ3n) is 6.78. The molecular formula is C28H33FN6O4S. The predicted octanol–water partition coefficient (Wildman–Crippen LogP) is 5.42. The van der Waals surface area contributed by atoms with E-state index in [1.165, 1.54) is 29.2 Å². The van der Waals surface area contributed by atoms with Crippen molar-refractivity contribution in [1.82, 2.24) is 19.7 Å². The van der Waals surface area contributed by atoms with Gasteiger partial charge in [-0.15, -0.1) is 0 Å². The van der Waals surface area contributed by atoms with Gasteiger partial charge < -0.3 is 24.6 Å². The van der Waals surface area contributed by atoms with Gasteiger partial charge in [0.15, 0.2) is 5.82 Å². The summed E-state index contributed by atoms with van der Waals surface area (Å²) in [5, 5.41) is 7.93. The molecule has 2 aromatic carbocycles. The highest BCUT2D eigenvalue weighted by Crippen LogP contribution is 2.39. The van der Waals surface area contributed by atoms with Crippen LogP contribution in [0.25, 0.3) is 21.1 Å². The van der Waals surface area contributed by atoms with Crippen LogP contribution < -0.4 is 15.0 Å². The minimum atomic E-state index is -0.575. The number of piperazine rings is 1. The first-order chi connectivity index (χ1) is 18.8. The summed E-state index contributed by atoms with van der Waals surface area (Å²) < 4.78 is 28.0. The Balaban J connectivity index is 1.44. The van der Waals surface area contributed by atoms with Crippen molar-refractivity contribution in [3.63, 3.8) is 0 Å². The molecule has 5 rings (SSSR count). The van der Waals surface area contributed by atoms with Gasteiger partial charge in [0.1, 0.15) is 16.6 Å². The van der Waals surface area contributed by atoms with Crippen LogP contribution in [-0.4, -0.2) is 69.5 Å². The van der Waals surface area contributed by atoms with E-state index >= 15 is 0 Å². The van der Waals surface area contributed by atoms with Crippen molar-refractivity contribution in [1.29, 1.82) is 0 Å². The van der Waals surface area contributed by atoms with Gasteiger partial charge in [-0.3, -0.25) is 9.48 Å². The molecule has 2 aromatic heterocycles. The summed E-state index contributed by atoms with van der Waals surface area (Å²) in [5.74, 6) is -0.929. The van der Waals surface area contributed by atoms with Crippen LogP contribution in [0.5, 0.6) is 5.19 Å². The summed E-state index contributed by atoms with van der Waals surface area (Å²) in [5.41, 5.74) is 1.73. The number of amides is 2. The summed E-state index contributed by atoms with van der Waals surface area (Å²) in [6, 6.07) is 6.44. The first kappa shape index (κ1) is 27.6. The average Bonchev–Trinajstić information content (AvgIpc) is 3.47. The number of halogens is 1. The molecule has 0 radical (unpaired) electrons. The highest BCUT2D eigenvalue weighted by molar-refractivity contribution is 7.21. The van der Waals surface area contributed by atoms with E-state index in [4.69, 9.17) is 9.47 Å². The van der Waals surface area contributed by atoms with E-state index in [1.807, 2.05) is 33.8 Å². The standard InChI is InChI=1S/C28H33FN6O4S/c1-15-13-35(27(37)39-28(3,4)5)16(2)12-34(15)21-9-8-19(23-24(21)40-26(31-23)38-7)25(36)30-18-10-17-14-33(6)32-22(17)20(29)11-18/h8-11,14-16H,12-13H2,1-7H3,(H,30,36). The van der Waals surface area contributed by atoms with Gasteiger partial charge in [0.2, 0.25) is 0 Å². The Morgan fingerprint density at radius 1 is 1.12 bits per heavy atom. The van der Waals surface area contributed by atoms with Gasteiger partial charge in [-0.25, -0.2) is 14.2 Å². The zero-order chi connectivity index (χ0) is 28.9. The zero-order valence-corrected chi connectivity index (χ0v) is 24.4. The number of nitrogens with one attached hydrogen (secondary N) is 1. The number of ether oxygens (including phenoxy) is 2. The van der Waals surface area contributed by atoms with Crippen molar-refractivity contribution in [3.8, 4) is 5.19 Å². The van der Waals surface area contributed by atoms with Crippen molar-refractivity contribution in [2.24, 2.45) is 7.05 Å². The maximum Gasteiger partial charge on any atom is 0.410 e. The molecule has 12 heteroatoms. The van der Waals surface area contributed by atoms with Crippen LogP contribution >= 0.6 is 11.3 Å². The molecule has 1 saturated heterocycles. The molecule has 2 atom stereocenters. The predicted molar refractivity (Wildman–Crippen MR) is 154 cm³/mol. The number of anilines is 2. The molecule has 0 spiro atoms. The lowest BCUT2D eigenvalue weighted by Crippen LogP contribution is -2.59. The van der Waals surface area contributed by atoms with Crippen molar-refractivity contribution in [3.05, 3.63) is 41.8 Å². The summed E-state index contributed by atoms with van der Waals surface area (Å²) in [7, 11) is 3.25. The second-order valence-electron chi connectivity index (χ2n) is 11.1. The molecular weight excluding hydrogens is 535 g/mol. The fraction of sp³-hybridized carbons (Fsp3) is 0.429. The normalized spacial score (nSPS) is 17.9. The molecule has 212 valence electrons. The number of hydrogen-bond acceptors (Lipinski definition) is 8. The molecule has 40 heavy (non-hydrogen) atoms. The third-order valence-corrected chi connectivity index (χ3v) is 7.82. The fourth-order valence-corrected chi connectivity index (χ4v) is 5.93. The van der Waals surface area contributed by atoms with E-state index in [9.17, 15) is 14.0 Å². The molecule has 2 unspecified atom stereocenters. The molecule has 3 heterocycles. The number of fused-ring (bicyclic) bond motifs is 2. The second kappa shape index (κ2) is 10.2. The van der Waals surface area contributed by atoms with Crippen molar-refractivity contribution < 1.29 is 23.5 Å². The molecule has 1 fully saturated rings. The minimum absolute atomic E-state index is 0.0196. The number of methoxy groups -OCH3 is 1. The van der Waals surface area contributed by atoms with Crippen LogP contribution in [0.3, 0.4) is 0 Å². The fourth-order valence-electron chi connectivity index (χ4n) is 4.99. The number of aromatic nitrogens is 3. The van der Waals surface area contributed by atoms with Gasteiger partial charge in [-0.2, -0.15) is 5.10 Å². The zero-order valence-electron chi connectivity index (χ0n) is 23.6. The average molecular weight is 569 g/mol. The number of carbonyl (C=O) groups is 2. The van der Waals surface area contributed by atoms with Gasteiger partial charge in [0.25, 0.3) is 11.1 Å². The largest absolute Gasteiger partial charge is 0.473 e. The molecule has 2 amide bonds. The van der Waals surface area contributed by atoms with Gasteiger partial charge in [-0.1, -0.05) is 11.3 Å². The van der Waals surface area contributed by atoms with Gasteiger partial charge in [0, 0.05) is 49.5 Å². The molecule has 4 aromatic rings.